The van der Waals surface area contributed by atoms with E-state index in [1.54, 1.807) is 17.4 Å². The summed E-state index contributed by atoms with van der Waals surface area (Å²) in [6.45, 7) is 0.315. The molecule has 1 heterocycles. The average Bonchev–Trinajstić information content (AvgIpc) is 3.21. The molecule has 0 bridgehead atoms. The normalized spacial score (nSPS) is 10.8. The second kappa shape index (κ2) is 9.70. The molecule has 0 unspecified atom stereocenters. The highest BCUT2D eigenvalue weighted by atomic mass is 32.1. The molecule has 4 aromatic rings. The molecule has 6 heteroatoms. The molecular weight excluding hydrogens is 406 g/mol. The van der Waals surface area contributed by atoms with E-state index in [2.05, 4.69) is 16.4 Å². The molecule has 1 aromatic heterocycles. The first-order valence-corrected chi connectivity index (χ1v) is 10.5. The summed E-state index contributed by atoms with van der Waals surface area (Å²) in [7, 11) is 0. The fourth-order valence-corrected chi connectivity index (χ4v) is 3.88. The zero-order valence-electron chi connectivity index (χ0n) is 16.6. The van der Waals surface area contributed by atoms with Gasteiger partial charge >= 0.3 is 0 Å². The van der Waals surface area contributed by atoms with Crippen molar-refractivity contribution < 1.29 is 9.53 Å². The number of carbonyl (C=O) groups excluding carboxylic acids is 1. The minimum absolute atomic E-state index is 0.229. The van der Waals surface area contributed by atoms with Crippen molar-refractivity contribution in [3.63, 3.8) is 0 Å². The molecule has 0 aliphatic heterocycles. The minimum Gasteiger partial charge on any atom is -0.489 e. The van der Waals surface area contributed by atoms with E-state index in [0.717, 1.165) is 26.4 Å². The molecule has 0 spiro atoms. The van der Waals surface area contributed by atoms with Crippen LogP contribution in [0, 0.1) is 11.3 Å². The molecule has 1 N–H and O–H groups in total. The molecule has 31 heavy (non-hydrogen) atoms. The van der Waals surface area contributed by atoms with Crippen molar-refractivity contribution >= 4 is 39.2 Å². The number of anilines is 1. The summed E-state index contributed by atoms with van der Waals surface area (Å²) < 4.78 is 6.94. The van der Waals surface area contributed by atoms with E-state index < -0.39 is 0 Å². The molecule has 0 atom stereocenters. The van der Waals surface area contributed by atoms with Crippen LogP contribution in [0.1, 0.15) is 16.1 Å². The number of thiazole rings is 1. The van der Waals surface area contributed by atoms with Crippen LogP contribution in [0.15, 0.2) is 78.9 Å². The Labute approximate surface area is 184 Å². The maximum absolute atomic E-state index is 12.4. The van der Waals surface area contributed by atoms with Gasteiger partial charge in [-0.2, -0.15) is 5.26 Å². The second-order valence-corrected chi connectivity index (χ2v) is 7.83. The van der Waals surface area contributed by atoms with Crippen molar-refractivity contribution in [1.82, 2.24) is 4.98 Å². The highest BCUT2D eigenvalue weighted by Gasteiger charge is 2.06. The quantitative estimate of drug-likeness (QED) is 0.392. The lowest BCUT2D eigenvalue weighted by atomic mass is 10.1. The first-order valence-electron chi connectivity index (χ1n) is 9.72. The molecule has 4 rings (SSSR count). The molecule has 0 aliphatic rings. The third-order valence-corrected chi connectivity index (χ3v) is 5.57. The summed E-state index contributed by atoms with van der Waals surface area (Å²) in [5, 5.41) is 12.5. The maximum atomic E-state index is 12.4. The summed E-state index contributed by atoms with van der Waals surface area (Å²) in [5.41, 5.74) is 3.44. The number of hydrogen-bond donors (Lipinski definition) is 1. The van der Waals surface area contributed by atoms with Crippen LogP contribution < -0.4 is 10.1 Å². The highest BCUT2D eigenvalue weighted by Crippen LogP contribution is 2.23. The Morgan fingerprint density at radius 3 is 2.65 bits per heavy atom. The third-order valence-electron chi connectivity index (χ3n) is 4.56. The van der Waals surface area contributed by atoms with Gasteiger partial charge in [-0.1, -0.05) is 42.5 Å². The number of nitrogens with zero attached hydrogens (tertiary/aromatic N) is 2. The molecule has 5 nitrogen and oxygen atoms in total. The fourth-order valence-electron chi connectivity index (χ4n) is 3.01. The van der Waals surface area contributed by atoms with E-state index in [9.17, 15) is 4.79 Å². The first-order chi connectivity index (χ1) is 15.2. The van der Waals surface area contributed by atoms with Gasteiger partial charge in [-0.15, -0.1) is 11.3 Å². The molecule has 1 amide bonds. The number of nitriles is 1. The molecule has 0 fully saturated rings. The summed E-state index contributed by atoms with van der Waals surface area (Å²) >= 11 is 1.54. The van der Waals surface area contributed by atoms with E-state index in [-0.39, 0.29) is 5.91 Å². The van der Waals surface area contributed by atoms with Gasteiger partial charge in [0, 0.05) is 17.3 Å². The number of aromatic nitrogens is 1. The van der Waals surface area contributed by atoms with Crippen molar-refractivity contribution in [3.05, 3.63) is 95.0 Å². The Morgan fingerprint density at radius 2 is 1.84 bits per heavy atom. The smallest absolute Gasteiger partial charge is 0.248 e. The van der Waals surface area contributed by atoms with Crippen molar-refractivity contribution in [2.24, 2.45) is 0 Å². The summed E-state index contributed by atoms with van der Waals surface area (Å²) in [6.07, 6.45) is 3.59. The molecule has 0 aliphatic carbocycles. The van der Waals surface area contributed by atoms with Crippen LogP contribution in [0.4, 0.5) is 5.69 Å². The SMILES string of the molecule is N#CCc1ccc(OCc2ccccc2NC(=O)/C=C/c2nc3ccccc3s2)cc1. The van der Waals surface area contributed by atoms with Crippen LogP contribution in [-0.4, -0.2) is 10.9 Å². The Bertz CT molecular complexity index is 1240. The van der Waals surface area contributed by atoms with Gasteiger partial charge in [0.1, 0.15) is 17.4 Å². The van der Waals surface area contributed by atoms with Gasteiger partial charge in [-0.3, -0.25) is 4.79 Å². The highest BCUT2D eigenvalue weighted by molar-refractivity contribution is 7.19. The standard InChI is InChI=1S/C25H19N3O2S/c26-16-15-18-9-11-20(12-10-18)30-17-19-5-1-2-6-21(19)27-24(29)13-14-25-28-22-7-3-4-8-23(22)31-25/h1-14H,15,17H2,(H,27,29)/b14-13+. The number of fused-ring (bicyclic) bond motifs is 1. The number of nitrogens with one attached hydrogen (secondary N) is 1. The zero-order chi connectivity index (χ0) is 21.5. The van der Waals surface area contributed by atoms with Gasteiger partial charge in [-0.25, -0.2) is 4.98 Å². The van der Waals surface area contributed by atoms with E-state index in [0.29, 0.717) is 24.5 Å². The van der Waals surface area contributed by atoms with E-state index >= 15 is 0 Å². The molecule has 152 valence electrons. The monoisotopic (exact) mass is 425 g/mol. The van der Waals surface area contributed by atoms with Crippen molar-refractivity contribution in [1.29, 1.82) is 5.26 Å². The largest absolute Gasteiger partial charge is 0.489 e. The van der Waals surface area contributed by atoms with E-state index in [1.807, 2.05) is 72.8 Å². The number of rotatable bonds is 7. The average molecular weight is 426 g/mol. The molecule has 0 saturated heterocycles. The van der Waals surface area contributed by atoms with Gasteiger partial charge < -0.3 is 10.1 Å². The lowest BCUT2D eigenvalue weighted by Gasteiger charge is -2.11. The lowest BCUT2D eigenvalue weighted by molar-refractivity contribution is -0.111. The fraction of sp³-hybridized carbons (Fsp3) is 0.0800. The van der Waals surface area contributed by atoms with Crippen LogP contribution in [0.25, 0.3) is 16.3 Å². The Balaban J connectivity index is 1.39. The molecule has 3 aromatic carbocycles. The molecular formula is C25H19N3O2S. The van der Waals surface area contributed by atoms with E-state index in [1.165, 1.54) is 6.08 Å². The summed E-state index contributed by atoms with van der Waals surface area (Å²) in [6, 6.07) is 25.0. The maximum Gasteiger partial charge on any atom is 0.248 e. The second-order valence-electron chi connectivity index (χ2n) is 6.77. The van der Waals surface area contributed by atoms with E-state index in [4.69, 9.17) is 10.00 Å². The lowest BCUT2D eigenvalue weighted by Crippen LogP contribution is -2.10. The van der Waals surface area contributed by atoms with Crippen molar-refractivity contribution in [2.45, 2.75) is 13.0 Å². The van der Waals surface area contributed by atoms with Gasteiger partial charge in [0.2, 0.25) is 5.91 Å². The molecule has 0 radical (unpaired) electrons. The number of amides is 1. The third kappa shape index (κ3) is 5.35. The number of hydrogen-bond acceptors (Lipinski definition) is 5. The zero-order valence-corrected chi connectivity index (χ0v) is 17.4. The minimum atomic E-state index is -0.229. The van der Waals surface area contributed by atoms with Crippen LogP contribution in [-0.2, 0) is 17.8 Å². The van der Waals surface area contributed by atoms with Gasteiger partial charge in [-0.05, 0) is 42.0 Å². The Kier molecular flexibility index (Phi) is 6.36. The first kappa shape index (κ1) is 20.3. The summed E-state index contributed by atoms with van der Waals surface area (Å²) in [4.78, 5) is 16.9. The van der Waals surface area contributed by atoms with Crippen LogP contribution in [0.5, 0.6) is 5.75 Å². The van der Waals surface area contributed by atoms with Crippen molar-refractivity contribution in [3.8, 4) is 11.8 Å². The van der Waals surface area contributed by atoms with Crippen molar-refractivity contribution in [2.75, 3.05) is 5.32 Å². The van der Waals surface area contributed by atoms with Gasteiger partial charge in [0.25, 0.3) is 0 Å². The predicted molar refractivity (Wildman–Crippen MR) is 124 cm³/mol. The number of ether oxygens (including phenoxy) is 1. The Morgan fingerprint density at radius 1 is 1.06 bits per heavy atom. The Hall–Kier alpha value is -3.95. The number of benzene rings is 3. The molecule has 0 saturated carbocycles. The topological polar surface area (TPSA) is 75.0 Å². The number of para-hydroxylation sites is 2. The van der Waals surface area contributed by atoms with Crippen LogP contribution >= 0.6 is 11.3 Å². The predicted octanol–water partition coefficient (Wildman–Crippen LogP) is 5.59. The van der Waals surface area contributed by atoms with Gasteiger partial charge in [0.15, 0.2) is 0 Å². The van der Waals surface area contributed by atoms with Crippen LogP contribution in [0.2, 0.25) is 0 Å². The summed E-state index contributed by atoms with van der Waals surface area (Å²) in [5.74, 6) is 0.478. The number of carbonyl (C=O) groups is 1. The van der Waals surface area contributed by atoms with Gasteiger partial charge in [0.05, 0.1) is 22.7 Å². The van der Waals surface area contributed by atoms with Crippen LogP contribution in [0.3, 0.4) is 0 Å².